The summed E-state index contributed by atoms with van der Waals surface area (Å²) in [6.07, 6.45) is 0. The summed E-state index contributed by atoms with van der Waals surface area (Å²) in [4.78, 5) is 33.0. The SMILES string of the molecule is Cc1ccc(NC(=O)CN2C(=O)CN=C(c3ccc(F)cc3)c3c2sc(C)c3C)c(C)c1. The average molecular weight is 450 g/mol. The summed E-state index contributed by atoms with van der Waals surface area (Å²) in [5.41, 5.74) is 6.01. The lowest BCUT2D eigenvalue weighted by Crippen LogP contribution is -2.38. The standard InChI is InChI=1S/C25H24FN3O2S/c1-14-5-10-20(15(2)11-14)28-21(30)13-29-22(31)12-27-24(18-6-8-19(26)9-7-18)23-16(3)17(4)32-25(23)29/h5-11H,12-13H2,1-4H3,(H,28,30). The van der Waals surface area contributed by atoms with E-state index < -0.39 is 0 Å². The molecule has 2 heterocycles. The number of carbonyl (C=O) groups excluding carboxylic acids is 2. The Balaban J connectivity index is 1.68. The zero-order valence-electron chi connectivity index (χ0n) is 18.5. The maximum atomic E-state index is 13.5. The number of nitrogens with one attached hydrogen (secondary N) is 1. The van der Waals surface area contributed by atoms with Crippen LogP contribution in [0.5, 0.6) is 0 Å². The minimum Gasteiger partial charge on any atom is -0.324 e. The molecule has 0 atom stereocenters. The molecular weight excluding hydrogens is 425 g/mol. The summed E-state index contributed by atoms with van der Waals surface area (Å²) in [6, 6.07) is 11.9. The van der Waals surface area contributed by atoms with Gasteiger partial charge in [-0.1, -0.05) is 17.7 Å². The van der Waals surface area contributed by atoms with Crippen molar-refractivity contribution in [2.24, 2.45) is 4.99 Å². The van der Waals surface area contributed by atoms with E-state index in [2.05, 4.69) is 10.3 Å². The number of anilines is 2. The third-order valence-corrected chi connectivity index (χ3v) is 6.83. The minimum absolute atomic E-state index is 0.0799. The number of benzene rings is 2. The number of amides is 2. The fourth-order valence-corrected chi connectivity index (χ4v) is 4.97. The first-order valence-electron chi connectivity index (χ1n) is 10.3. The largest absolute Gasteiger partial charge is 0.324 e. The third kappa shape index (κ3) is 4.21. The minimum atomic E-state index is -0.331. The average Bonchev–Trinajstić information content (AvgIpc) is 2.96. The molecule has 0 fully saturated rings. The Hall–Kier alpha value is -3.32. The maximum Gasteiger partial charge on any atom is 0.249 e. The van der Waals surface area contributed by atoms with Gasteiger partial charge < -0.3 is 5.32 Å². The molecule has 1 aliphatic rings. The Morgan fingerprint density at radius 2 is 1.84 bits per heavy atom. The lowest BCUT2D eigenvalue weighted by atomic mass is 10.00. The van der Waals surface area contributed by atoms with Gasteiger partial charge in [0.25, 0.3) is 0 Å². The molecule has 1 aliphatic heterocycles. The second-order valence-electron chi connectivity index (χ2n) is 7.98. The van der Waals surface area contributed by atoms with E-state index in [0.29, 0.717) is 10.7 Å². The van der Waals surface area contributed by atoms with Crippen molar-refractivity contribution in [2.45, 2.75) is 27.7 Å². The van der Waals surface area contributed by atoms with Crippen LogP contribution in [0.2, 0.25) is 0 Å². The monoisotopic (exact) mass is 449 g/mol. The van der Waals surface area contributed by atoms with E-state index in [0.717, 1.165) is 38.4 Å². The molecule has 3 aromatic rings. The third-order valence-electron chi connectivity index (χ3n) is 5.60. The van der Waals surface area contributed by atoms with Crippen LogP contribution >= 0.6 is 11.3 Å². The molecule has 0 saturated carbocycles. The van der Waals surface area contributed by atoms with Crippen LogP contribution in [0.4, 0.5) is 15.1 Å². The molecule has 2 aromatic carbocycles. The van der Waals surface area contributed by atoms with Crippen molar-refractivity contribution in [3.05, 3.63) is 81.0 Å². The van der Waals surface area contributed by atoms with Crippen LogP contribution in [0.15, 0.2) is 47.5 Å². The van der Waals surface area contributed by atoms with Crippen molar-refractivity contribution >= 4 is 39.6 Å². The molecule has 0 radical (unpaired) electrons. The predicted octanol–water partition coefficient (Wildman–Crippen LogP) is 4.94. The number of hydrogen-bond acceptors (Lipinski definition) is 4. The van der Waals surface area contributed by atoms with Crippen molar-refractivity contribution in [3.63, 3.8) is 0 Å². The molecule has 5 nitrogen and oxygen atoms in total. The Morgan fingerprint density at radius 1 is 1.12 bits per heavy atom. The molecule has 7 heteroatoms. The van der Waals surface area contributed by atoms with Crippen LogP contribution in [0, 0.1) is 33.5 Å². The van der Waals surface area contributed by atoms with E-state index in [1.807, 2.05) is 45.9 Å². The summed E-state index contributed by atoms with van der Waals surface area (Å²) in [7, 11) is 0. The molecule has 4 rings (SSSR count). The molecule has 0 bridgehead atoms. The van der Waals surface area contributed by atoms with Gasteiger partial charge in [0.1, 0.15) is 23.9 Å². The fourth-order valence-electron chi connectivity index (χ4n) is 3.79. The number of hydrogen-bond donors (Lipinski definition) is 1. The second kappa shape index (κ2) is 8.67. The van der Waals surface area contributed by atoms with Crippen molar-refractivity contribution in [1.82, 2.24) is 0 Å². The van der Waals surface area contributed by atoms with Gasteiger partial charge in [0.2, 0.25) is 11.8 Å². The summed E-state index contributed by atoms with van der Waals surface area (Å²) in [5.74, 6) is -0.854. The van der Waals surface area contributed by atoms with Crippen molar-refractivity contribution < 1.29 is 14.0 Å². The number of aryl methyl sites for hydroxylation is 3. The Kier molecular flexibility index (Phi) is 5.93. The molecule has 2 amide bonds. The lowest BCUT2D eigenvalue weighted by Gasteiger charge is -2.20. The molecule has 1 N–H and O–H groups in total. The number of halogens is 1. The fraction of sp³-hybridized carbons (Fsp3) is 0.240. The normalized spacial score (nSPS) is 13.5. The van der Waals surface area contributed by atoms with Crippen molar-refractivity contribution in [2.75, 3.05) is 23.3 Å². The summed E-state index contributed by atoms with van der Waals surface area (Å²) >= 11 is 1.47. The van der Waals surface area contributed by atoms with Gasteiger partial charge in [0.05, 0.1) is 5.71 Å². The Bertz CT molecular complexity index is 1240. The van der Waals surface area contributed by atoms with Gasteiger partial charge in [-0.2, -0.15) is 0 Å². The Morgan fingerprint density at radius 3 is 2.53 bits per heavy atom. The van der Waals surface area contributed by atoms with Gasteiger partial charge in [-0.05, 0) is 69.2 Å². The van der Waals surface area contributed by atoms with E-state index in [-0.39, 0.29) is 30.7 Å². The number of thiophene rings is 1. The Labute approximate surface area is 190 Å². The van der Waals surface area contributed by atoms with E-state index in [9.17, 15) is 14.0 Å². The topological polar surface area (TPSA) is 61.8 Å². The van der Waals surface area contributed by atoms with E-state index in [1.165, 1.54) is 28.4 Å². The van der Waals surface area contributed by atoms with Gasteiger partial charge >= 0.3 is 0 Å². The first-order valence-corrected chi connectivity index (χ1v) is 11.1. The van der Waals surface area contributed by atoms with Gasteiger partial charge in [0.15, 0.2) is 0 Å². The smallest absolute Gasteiger partial charge is 0.249 e. The van der Waals surface area contributed by atoms with Gasteiger partial charge in [-0.25, -0.2) is 4.39 Å². The van der Waals surface area contributed by atoms with Gasteiger partial charge in [-0.3, -0.25) is 19.5 Å². The van der Waals surface area contributed by atoms with Crippen molar-refractivity contribution in [1.29, 1.82) is 0 Å². The van der Waals surface area contributed by atoms with Crippen LogP contribution in [-0.2, 0) is 9.59 Å². The van der Waals surface area contributed by atoms with Crippen molar-refractivity contribution in [3.8, 4) is 0 Å². The van der Waals surface area contributed by atoms with E-state index in [4.69, 9.17) is 0 Å². The molecule has 1 aromatic heterocycles. The number of aliphatic imine (C=N–C) groups is 1. The van der Waals surface area contributed by atoms with E-state index >= 15 is 0 Å². The highest BCUT2D eigenvalue weighted by Crippen LogP contribution is 2.38. The lowest BCUT2D eigenvalue weighted by molar-refractivity contribution is -0.120. The molecule has 0 saturated heterocycles. The molecule has 0 aliphatic carbocycles. The molecule has 32 heavy (non-hydrogen) atoms. The zero-order valence-corrected chi connectivity index (χ0v) is 19.3. The van der Waals surface area contributed by atoms with Crippen LogP contribution < -0.4 is 10.2 Å². The summed E-state index contributed by atoms with van der Waals surface area (Å²) in [6.45, 7) is 7.71. The number of rotatable bonds is 4. The summed E-state index contributed by atoms with van der Waals surface area (Å²) < 4.78 is 13.5. The maximum absolute atomic E-state index is 13.5. The van der Waals surface area contributed by atoms with Crippen LogP contribution in [-0.4, -0.2) is 30.6 Å². The highest BCUT2D eigenvalue weighted by atomic mass is 32.1. The highest BCUT2D eigenvalue weighted by molar-refractivity contribution is 7.17. The van der Waals surface area contributed by atoms with Gasteiger partial charge in [0, 0.05) is 21.7 Å². The summed E-state index contributed by atoms with van der Waals surface area (Å²) in [5, 5.41) is 3.62. The quantitative estimate of drug-likeness (QED) is 0.613. The van der Waals surface area contributed by atoms with Crippen LogP contribution in [0.1, 0.15) is 32.7 Å². The number of nitrogens with zero attached hydrogens (tertiary/aromatic N) is 2. The number of fused-ring (bicyclic) bond motifs is 1. The molecule has 0 unspecified atom stereocenters. The van der Waals surface area contributed by atoms with Gasteiger partial charge in [-0.15, -0.1) is 11.3 Å². The highest BCUT2D eigenvalue weighted by Gasteiger charge is 2.30. The molecular formula is C25H24FN3O2S. The number of carbonyl (C=O) groups is 2. The first kappa shape index (κ1) is 21.9. The van der Waals surface area contributed by atoms with Crippen LogP contribution in [0.3, 0.4) is 0 Å². The zero-order chi connectivity index (χ0) is 23.0. The molecule has 164 valence electrons. The molecule has 0 spiro atoms. The van der Waals surface area contributed by atoms with E-state index in [1.54, 1.807) is 12.1 Å². The predicted molar refractivity (Wildman–Crippen MR) is 128 cm³/mol. The van der Waals surface area contributed by atoms with Crippen LogP contribution in [0.25, 0.3) is 0 Å². The second-order valence-corrected chi connectivity index (χ2v) is 9.18. The first-order chi connectivity index (χ1) is 15.2.